The third-order valence-electron chi connectivity index (χ3n) is 7.47. The summed E-state index contributed by atoms with van der Waals surface area (Å²) in [4.78, 5) is 29.4. The van der Waals surface area contributed by atoms with Crippen molar-refractivity contribution in [1.82, 2.24) is 10.2 Å². The molecule has 0 aliphatic carbocycles. The largest absolute Gasteiger partial charge is 0.489 e. The number of hydrogen-bond acceptors (Lipinski definition) is 5. The summed E-state index contributed by atoms with van der Waals surface area (Å²) in [5.41, 5.74) is 4.06. The lowest BCUT2D eigenvalue weighted by atomic mass is 10.0. The molecule has 0 heterocycles. The Bertz CT molecular complexity index is 1650. The summed E-state index contributed by atoms with van der Waals surface area (Å²) in [6, 6.07) is 32.7. The first-order chi connectivity index (χ1) is 21.7. The average Bonchev–Trinajstić information content (AvgIpc) is 3.04. The minimum absolute atomic E-state index is 0.145. The Balaban J connectivity index is 1.64. The van der Waals surface area contributed by atoms with Gasteiger partial charge in [0.2, 0.25) is 21.8 Å². The van der Waals surface area contributed by atoms with Crippen LogP contribution in [0, 0.1) is 6.92 Å². The molecule has 236 valence electrons. The molecule has 4 aromatic carbocycles. The third kappa shape index (κ3) is 9.68. The summed E-state index contributed by atoms with van der Waals surface area (Å²) in [5, 5.41) is 2.96. The van der Waals surface area contributed by atoms with Crippen LogP contribution in [0.5, 0.6) is 5.75 Å². The average molecular weight is 628 g/mol. The third-order valence-corrected chi connectivity index (χ3v) is 8.62. The van der Waals surface area contributed by atoms with Crippen molar-refractivity contribution >= 4 is 27.5 Å². The number of benzene rings is 4. The fourth-order valence-corrected chi connectivity index (χ4v) is 5.80. The van der Waals surface area contributed by atoms with Crippen LogP contribution in [0.1, 0.15) is 35.6 Å². The Morgan fingerprint density at radius 1 is 0.822 bits per heavy atom. The fraction of sp³-hybridized carbons (Fsp3) is 0.278. The molecule has 8 nitrogen and oxygen atoms in total. The predicted octanol–water partition coefficient (Wildman–Crippen LogP) is 5.51. The summed E-state index contributed by atoms with van der Waals surface area (Å²) >= 11 is 0. The van der Waals surface area contributed by atoms with Gasteiger partial charge >= 0.3 is 0 Å². The van der Waals surface area contributed by atoms with E-state index in [0.717, 1.165) is 39.2 Å². The molecule has 0 bridgehead atoms. The number of anilines is 1. The molecule has 0 radical (unpaired) electrons. The van der Waals surface area contributed by atoms with E-state index >= 15 is 0 Å². The van der Waals surface area contributed by atoms with E-state index in [1.54, 1.807) is 24.3 Å². The maximum absolute atomic E-state index is 14.2. The maximum atomic E-state index is 14.2. The molecule has 0 aromatic heterocycles. The van der Waals surface area contributed by atoms with Gasteiger partial charge in [0.1, 0.15) is 24.9 Å². The second-order valence-electron chi connectivity index (χ2n) is 11.0. The van der Waals surface area contributed by atoms with Gasteiger partial charge in [0.05, 0.1) is 11.9 Å². The van der Waals surface area contributed by atoms with Crippen molar-refractivity contribution in [2.45, 2.75) is 45.9 Å². The number of rotatable bonds is 15. The molecule has 0 spiro atoms. The van der Waals surface area contributed by atoms with Crippen molar-refractivity contribution in [2.24, 2.45) is 0 Å². The zero-order valence-corrected chi connectivity index (χ0v) is 26.9. The predicted molar refractivity (Wildman–Crippen MR) is 178 cm³/mol. The van der Waals surface area contributed by atoms with E-state index in [-0.39, 0.29) is 18.9 Å². The molecular formula is C36H41N3O5S. The summed E-state index contributed by atoms with van der Waals surface area (Å²) in [6.07, 6.45) is 2.09. The Hall–Kier alpha value is -4.63. The first-order valence-electron chi connectivity index (χ1n) is 15.1. The van der Waals surface area contributed by atoms with E-state index < -0.39 is 28.5 Å². The lowest BCUT2D eigenvalue weighted by molar-refractivity contribution is -0.140. The minimum Gasteiger partial charge on any atom is -0.489 e. The molecular weight excluding hydrogens is 586 g/mol. The lowest BCUT2D eigenvalue weighted by Gasteiger charge is -2.34. The van der Waals surface area contributed by atoms with Crippen LogP contribution in [0.15, 0.2) is 109 Å². The van der Waals surface area contributed by atoms with Crippen LogP contribution < -0.4 is 14.4 Å². The highest BCUT2D eigenvalue weighted by Crippen LogP contribution is 2.24. The summed E-state index contributed by atoms with van der Waals surface area (Å²) in [7, 11) is -3.87. The Morgan fingerprint density at radius 3 is 2.02 bits per heavy atom. The molecule has 0 saturated heterocycles. The number of carbonyl (C=O) groups is 2. The van der Waals surface area contributed by atoms with Crippen molar-refractivity contribution in [3.05, 3.63) is 131 Å². The second kappa shape index (κ2) is 15.9. The Labute approximate surface area is 266 Å². The molecule has 1 atom stereocenters. The van der Waals surface area contributed by atoms with E-state index in [9.17, 15) is 18.0 Å². The number of nitrogens with zero attached hydrogens (tertiary/aromatic N) is 2. The first-order valence-corrected chi connectivity index (χ1v) is 16.9. The molecule has 1 N–H and O–H groups in total. The van der Waals surface area contributed by atoms with Gasteiger partial charge in [-0.1, -0.05) is 91.9 Å². The zero-order chi connectivity index (χ0) is 32.2. The van der Waals surface area contributed by atoms with Crippen LogP contribution in [0.25, 0.3) is 0 Å². The molecule has 0 fully saturated rings. The number of ether oxygens (including phenoxy) is 1. The van der Waals surface area contributed by atoms with Crippen LogP contribution in [0.2, 0.25) is 0 Å². The Kier molecular flexibility index (Phi) is 11.8. The van der Waals surface area contributed by atoms with Crippen molar-refractivity contribution in [3.8, 4) is 5.75 Å². The topological polar surface area (TPSA) is 96.0 Å². The number of amides is 2. The lowest BCUT2D eigenvalue weighted by Crippen LogP contribution is -2.53. The highest BCUT2D eigenvalue weighted by Gasteiger charge is 2.33. The van der Waals surface area contributed by atoms with E-state index in [1.165, 1.54) is 4.90 Å². The molecule has 0 unspecified atom stereocenters. The van der Waals surface area contributed by atoms with Gasteiger partial charge in [-0.2, -0.15) is 0 Å². The van der Waals surface area contributed by atoms with Gasteiger partial charge in [0.25, 0.3) is 0 Å². The van der Waals surface area contributed by atoms with Crippen molar-refractivity contribution in [1.29, 1.82) is 0 Å². The van der Waals surface area contributed by atoms with Crippen molar-refractivity contribution in [2.75, 3.05) is 23.7 Å². The van der Waals surface area contributed by atoms with Gasteiger partial charge in [-0.25, -0.2) is 8.42 Å². The molecule has 9 heteroatoms. The number of sulfonamides is 1. The number of aryl methyl sites for hydroxylation is 1. The van der Waals surface area contributed by atoms with Crippen molar-refractivity contribution < 1.29 is 22.7 Å². The number of carbonyl (C=O) groups excluding carboxylic acids is 2. The van der Waals surface area contributed by atoms with Crippen LogP contribution in [0.4, 0.5) is 5.69 Å². The fourth-order valence-electron chi connectivity index (χ4n) is 4.95. The van der Waals surface area contributed by atoms with Crippen LogP contribution >= 0.6 is 0 Å². The molecule has 0 aliphatic rings. The molecule has 4 rings (SSSR count). The molecule has 2 amide bonds. The smallest absolute Gasteiger partial charge is 0.244 e. The van der Waals surface area contributed by atoms with E-state index in [0.29, 0.717) is 24.6 Å². The molecule has 45 heavy (non-hydrogen) atoms. The van der Waals surface area contributed by atoms with Crippen LogP contribution in [-0.4, -0.2) is 50.5 Å². The van der Waals surface area contributed by atoms with Crippen LogP contribution in [0.3, 0.4) is 0 Å². The quantitative estimate of drug-likeness (QED) is 0.188. The van der Waals surface area contributed by atoms with E-state index in [1.807, 2.05) is 98.8 Å². The van der Waals surface area contributed by atoms with E-state index in [2.05, 4.69) is 5.32 Å². The highest BCUT2D eigenvalue weighted by atomic mass is 32.2. The Morgan fingerprint density at radius 2 is 1.42 bits per heavy atom. The molecule has 0 saturated carbocycles. The molecule has 4 aromatic rings. The SMILES string of the molecule is CCCNC(=O)[C@H](Cc1ccccc1)N(Cc1ccccc1C)C(=O)CN(c1ccc(OCc2ccccc2)cc1)S(C)(=O)=O. The normalized spacial score (nSPS) is 11.8. The summed E-state index contributed by atoms with van der Waals surface area (Å²) in [5.74, 6) is -0.201. The van der Waals surface area contributed by atoms with Gasteiger partial charge < -0.3 is 15.0 Å². The van der Waals surface area contributed by atoms with Gasteiger partial charge in [0.15, 0.2) is 0 Å². The number of nitrogens with one attached hydrogen (secondary N) is 1. The summed E-state index contributed by atoms with van der Waals surface area (Å²) < 4.78 is 33.1. The van der Waals surface area contributed by atoms with E-state index in [4.69, 9.17) is 4.74 Å². The van der Waals surface area contributed by atoms with Crippen LogP contribution in [-0.2, 0) is 39.2 Å². The second-order valence-corrected chi connectivity index (χ2v) is 12.9. The van der Waals surface area contributed by atoms with Crippen molar-refractivity contribution in [3.63, 3.8) is 0 Å². The first kappa shape index (κ1) is 33.3. The van der Waals surface area contributed by atoms with Gasteiger partial charge in [0, 0.05) is 19.5 Å². The van der Waals surface area contributed by atoms with Gasteiger partial charge in [-0.3, -0.25) is 13.9 Å². The minimum atomic E-state index is -3.87. The van der Waals surface area contributed by atoms with Gasteiger partial charge in [-0.05, 0) is 59.9 Å². The monoisotopic (exact) mass is 627 g/mol. The van der Waals surface area contributed by atoms with Gasteiger partial charge in [-0.15, -0.1) is 0 Å². The number of hydrogen-bond donors (Lipinski definition) is 1. The highest BCUT2D eigenvalue weighted by molar-refractivity contribution is 7.92. The standard InChI is InChI=1S/C36H41N3O5S/c1-4-23-37-36(41)34(24-29-14-7-5-8-15-29)38(25-31-18-12-11-13-28(31)2)35(40)26-39(45(3,42)43)32-19-21-33(22-20-32)44-27-30-16-9-6-10-17-30/h5-22,34H,4,23-27H2,1-3H3,(H,37,41)/t34-/m0/s1. The maximum Gasteiger partial charge on any atom is 0.244 e. The zero-order valence-electron chi connectivity index (χ0n) is 26.1. The molecule has 0 aliphatic heterocycles. The summed E-state index contributed by atoms with van der Waals surface area (Å²) in [6.45, 7) is 4.42.